The van der Waals surface area contributed by atoms with E-state index in [4.69, 9.17) is 0 Å². The molecule has 9 heteroatoms. The molecule has 2 aliphatic carbocycles. The average Bonchev–Trinajstić information content (AvgIpc) is 2.87. The fourth-order valence-corrected chi connectivity index (χ4v) is 7.17. The Kier molecular flexibility index (Phi) is 4.21. The molecule has 8 nitrogen and oxygen atoms in total. The van der Waals surface area contributed by atoms with Gasteiger partial charge in [0.05, 0.1) is 29.9 Å². The molecule has 3 atom stereocenters. The Hall–Kier alpha value is -1.90. The van der Waals surface area contributed by atoms with Gasteiger partial charge in [0, 0.05) is 12.6 Å². The van der Waals surface area contributed by atoms with E-state index < -0.39 is 44.6 Å². The van der Waals surface area contributed by atoms with E-state index >= 15 is 0 Å². The predicted molar refractivity (Wildman–Crippen MR) is 92.3 cm³/mol. The molecule has 0 unspecified atom stereocenters. The van der Waals surface area contributed by atoms with Crippen LogP contribution in [0, 0.1) is 16.7 Å². The Bertz CT molecular complexity index is 815. The number of fused-ring (bicyclic) bond motifs is 2. The zero-order valence-electron chi connectivity index (χ0n) is 15.4. The van der Waals surface area contributed by atoms with Crippen molar-refractivity contribution in [2.24, 2.45) is 16.7 Å². The molecule has 1 N–H and O–H groups in total. The van der Waals surface area contributed by atoms with Gasteiger partial charge in [-0.1, -0.05) is 13.8 Å². The van der Waals surface area contributed by atoms with E-state index in [1.807, 2.05) is 13.8 Å². The van der Waals surface area contributed by atoms with Crippen molar-refractivity contribution in [2.45, 2.75) is 46.1 Å². The maximum Gasteiger partial charge on any atom is 0.337 e. The summed E-state index contributed by atoms with van der Waals surface area (Å²) in [6.45, 7) is 5.32. The van der Waals surface area contributed by atoms with Crippen molar-refractivity contribution in [2.75, 3.05) is 12.9 Å². The number of ketones is 1. The Labute approximate surface area is 153 Å². The van der Waals surface area contributed by atoms with E-state index in [1.165, 1.54) is 20.2 Å². The molecule has 0 spiro atoms. The van der Waals surface area contributed by atoms with Gasteiger partial charge in [0.2, 0.25) is 10.0 Å². The van der Waals surface area contributed by atoms with Crippen molar-refractivity contribution in [3.8, 4) is 0 Å². The van der Waals surface area contributed by atoms with Gasteiger partial charge in [0.1, 0.15) is 5.78 Å². The normalized spacial score (nSPS) is 33.1. The minimum Gasteiger partial charge on any atom is -0.466 e. The third-order valence-electron chi connectivity index (χ3n) is 6.64. The summed E-state index contributed by atoms with van der Waals surface area (Å²) in [5, 5.41) is 2.29. The van der Waals surface area contributed by atoms with Crippen molar-refractivity contribution in [3.05, 3.63) is 11.8 Å². The number of nitrogens with zero attached hydrogens (tertiary/aromatic N) is 1. The first-order valence-corrected chi connectivity index (χ1v) is 10.2. The minimum absolute atomic E-state index is 0.0366. The van der Waals surface area contributed by atoms with Crippen LogP contribution in [-0.4, -0.2) is 49.4 Å². The highest BCUT2D eigenvalue weighted by Crippen LogP contribution is 2.64. The van der Waals surface area contributed by atoms with Crippen LogP contribution in [0.4, 0.5) is 4.79 Å². The van der Waals surface area contributed by atoms with Crippen molar-refractivity contribution >= 4 is 27.8 Å². The van der Waals surface area contributed by atoms with Crippen LogP contribution in [0.1, 0.15) is 40.0 Å². The van der Waals surface area contributed by atoms with Gasteiger partial charge in [-0.15, -0.1) is 0 Å². The van der Waals surface area contributed by atoms with Gasteiger partial charge < -0.3 is 10.1 Å². The van der Waals surface area contributed by atoms with Crippen molar-refractivity contribution in [1.82, 2.24) is 9.62 Å². The Balaban J connectivity index is 1.96. The molecule has 2 saturated carbocycles. The standard InChI is InChI=1S/C17H24N2O6S/c1-10-12(14(21)25-4)8-18-15(22)19(10)26(23,24)9-17-6-5-11(7-13(17)20)16(17,2)3/h8,10-11H,5-7,9H2,1-4H3,(H,18,22)/t10-,11-,17-/m1/s1. The monoisotopic (exact) mass is 384 g/mol. The van der Waals surface area contributed by atoms with Crippen LogP contribution in [0.5, 0.6) is 0 Å². The lowest BCUT2D eigenvalue weighted by Crippen LogP contribution is -2.56. The van der Waals surface area contributed by atoms with Gasteiger partial charge in [-0.05, 0) is 31.1 Å². The maximum atomic E-state index is 13.2. The van der Waals surface area contributed by atoms with Crippen LogP contribution >= 0.6 is 0 Å². The molecule has 1 aliphatic heterocycles. The molecule has 26 heavy (non-hydrogen) atoms. The number of Topliss-reactive ketones (excluding diaryl/α,β-unsaturated/α-hetero) is 1. The number of nitrogens with one attached hydrogen (secondary N) is 1. The van der Waals surface area contributed by atoms with Gasteiger partial charge in [-0.25, -0.2) is 22.3 Å². The van der Waals surface area contributed by atoms with Crippen molar-refractivity contribution in [3.63, 3.8) is 0 Å². The zero-order valence-corrected chi connectivity index (χ0v) is 16.2. The number of urea groups is 1. The molecule has 3 rings (SSSR count). The lowest BCUT2D eigenvalue weighted by Gasteiger charge is -2.39. The van der Waals surface area contributed by atoms with E-state index in [0.717, 1.165) is 6.42 Å². The SMILES string of the molecule is COC(=O)C1=CNC(=O)N(S(=O)(=O)C[C@]23CC[C@H](CC2=O)C3(C)C)[C@@H]1C. The largest absolute Gasteiger partial charge is 0.466 e. The molecule has 2 fully saturated rings. The van der Waals surface area contributed by atoms with E-state index in [0.29, 0.717) is 17.1 Å². The average molecular weight is 384 g/mol. The molecule has 0 saturated heterocycles. The molecule has 2 amide bonds. The molecular weight excluding hydrogens is 360 g/mol. The molecule has 0 aromatic heterocycles. The summed E-state index contributed by atoms with van der Waals surface area (Å²) in [6.07, 6.45) is 2.87. The number of carbonyl (C=O) groups is 3. The number of rotatable bonds is 4. The number of hydrogen-bond donors (Lipinski definition) is 1. The van der Waals surface area contributed by atoms with Crippen LogP contribution in [0.3, 0.4) is 0 Å². The highest BCUT2D eigenvalue weighted by atomic mass is 32.2. The Morgan fingerprint density at radius 3 is 2.54 bits per heavy atom. The van der Waals surface area contributed by atoms with Crippen molar-refractivity contribution < 1.29 is 27.5 Å². The first-order chi connectivity index (χ1) is 12.0. The summed E-state index contributed by atoms with van der Waals surface area (Å²) < 4.78 is 31.7. The highest BCUT2D eigenvalue weighted by Gasteiger charge is 2.66. The number of sulfonamides is 1. The summed E-state index contributed by atoms with van der Waals surface area (Å²) in [5.74, 6) is -1.01. The predicted octanol–water partition coefficient (Wildman–Crippen LogP) is 1.18. The topological polar surface area (TPSA) is 110 Å². The number of esters is 1. The minimum atomic E-state index is -4.14. The van der Waals surface area contributed by atoms with Gasteiger partial charge in [-0.2, -0.15) is 0 Å². The second-order valence-corrected chi connectivity index (χ2v) is 9.78. The van der Waals surface area contributed by atoms with E-state index in [1.54, 1.807) is 0 Å². The summed E-state index contributed by atoms with van der Waals surface area (Å²) >= 11 is 0. The molecule has 0 radical (unpaired) electrons. The van der Waals surface area contributed by atoms with E-state index in [2.05, 4.69) is 10.1 Å². The van der Waals surface area contributed by atoms with E-state index in [9.17, 15) is 22.8 Å². The Morgan fingerprint density at radius 2 is 2.04 bits per heavy atom. The molecule has 1 heterocycles. The smallest absolute Gasteiger partial charge is 0.337 e. The number of carbonyl (C=O) groups excluding carboxylic acids is 3. The lowest BCUT2D eigenvalue weighted by atomic mass is 9.70. The molecular formula is C17H24N2O6S. The van der Waals surface area contributed by atoms with Gasteiger partial charge in [0.15, 0.2) is 0 Å². The van der Waals surface area contributed by atoms with Gasteiger partial charge in [-0.3, -0.25) is 4.79 Å². The second kappa shape index (κ2) is 5.80. The number of ether oxygens (including phenoxy) is 1. The first-order valence-electron chi connectivity index (χ1n) is 8.62. The van der Waals surface area contributed by atoms with Crippen LogP contribution < -0.4 is 5.32 Å². The zero-order chi connectivity index (χ0) is 19.5. The first kappa shape index (κ1) is 18.9. The van der Waals surface area contributed by atoms with E-state index in [-0.39, 0.29) is 17.3 Å². The fourth-order valence-electron chi connectivity index (χ4n) is 4.83. The third-order valence-corrected chi connectivity index (χ3v) is 8.58. The fraction of sp³-hybridized carbons (Fsp3) is 0.706. The van der Waals surface area contributed by atoms with Crippen LogP contribution in [0.2, 0.25) is 0 Å². The summed E-state index contributed by atoms with van der Waals surface area (Å²) in [7, 11) is -2.95. The summed E-state index contributed by atoms with van der Waals surface area (Å²) in [5.41, 5.74) is -1.38. The van der Waals surface area contributed by atoms with Crippen LogP contribution in [-0.2, 0) is 24.3 Å². The van der Waals surface area contributed by atoms with Gasteiger partial charge >= 0.3 is 12.0 Å². The van der Waals surface area contributed by atoms with Crippen LogP contribution in [0.15, 0.2) is 11.8 Å². The quantitative estimate of drug-likeness (QED) is 0.729. The number of methoxy groups -OCH3 is 1. The Morgan fingerprint density at radius 1 is 1.38 bits per heavy atom. The highest BCUT2D eigenvalue weighted by molar-refractivity contribution is 7.89. The molecule has 0 aromatic carbocycles. The van der Waals surface area contributed by atoms with Crippen LogP contribution in [0.25, 0.3) is 0 Å². The second-order valence-electron chi connectivity index (χ2n) is 7.94. The summed E-state index contributed by atoms with van der Waals surface area (Å²) in [4.78, 5) is 36.8. The molecule has 3 aliphatic rings. The lowest BCUT2D eigenvalue weighted by molar-refractivity contribution is -0.136. The number of amides is 2. The third kappa shape index (κ3) is 2.39. The maximum absolute atomic E-state index is 13.2. The van der Waals surface area contributed by atoms with Gasteiger partial charge in [0.25, 0.3) is 0 Å². The summed E-state index contributed by atoms with van der Waals surface area (Å²) in [6, 6.07) is -1.84. The molecule has 144 valence electrons. The number of hydrogen-bond acceptors (Lipinski definition) is 6. The molecule has 0 aromatic rings. The molecule has 2 bridgehead atoms. The van der Waals surface area contributed by atoms with Crippen molar-refractivity contribution in [1.29, 1.82) is 0 Å².